The third-order valence-corrected chi connectivity index (χ3v) is 2.46. The van der Waals surface area contributed by atoms with Crippen LogP contribution >= 0.6 is 0 Å². The number of hydrogen-bond acceptors (Lipinski definition) is 6. The Labute approximate surface area is 111 Å². The second-order valence-electron chi connectivity index (χ2n) is 5.10. The first kappa shape index (κ1) is 15.1. The molecule has 0 saturated carbocycles. The van der Waals surface area contributed by atoms with Gasteiger partial charge < -0.3 is 10.1 Å². The summed E-state index contributed by atoms with van der Waals surface area (Å²) in [7, 11) is 0. The average Bonchev–Trinajstić information content (AvgIpc) is 2.77. The van der Waals surface area contributed by atoms with Gasteiger partial charge in [0.05, 0.1) is 13.2 Å². The van der Waals surface area contributed by atoms with Gasteiger partial charge in [-0.3, -0.25) is 9.59 Å². The fourth-order valence-electron chi connectivity index (χ4n) is 1.61. The summed E-state index contributed by atoms with van der Waals surface area (Å²) in [6, 6.07) is 0. The van der Waals surface area contributed by atoms with Gasteiger partial charge in [-0.15, -0.1) is 10.2 Å². The molecule has 1 rings (SSSR count). The molecule has 8 nitrogen and oxygen atoms in total. The van der Waals surface area contributed by atoms with Gasteiger partial charge in [0.1, 0.15) is 5.92 Å². The van der Waals surface area contributed by atoms with Crippen molar-refractivity contribution in [2.45, 2.75) is 34.2 Å². The Kier molecular flexibility index (Phi) is 4.96. The first-order valence-electron chi connectivity index (χ1n) is 6.03. The van der Waals surface area contributed by atoms with E-state index in [0.717, 1.165) is 0 Å². The molecule has 1 unspecified atom stereocenters. The molecule has 1 heterocycles. The van der Waals surface area contributed by atoms with E-state index >= 15 is 0 Å². The number of carbonyl (C=O) groups is 2. The smallest absolute Gasteiger partial charge is 0.319 e. The maximum atomic E-state index is 12.1. The molecule has 0 fully saturated rings. The number of aromatic nitrogens is 4. The zero-order valence-electron chi connectivity index (χ0n) is 11.6. The predicted molar refractivity (Wildman–Crippen MR) is 65.6 cm³/mol. The van der Waals surface area contributed by atoms with Crippen LogP contribution in [0.4, 0.5) is 0 Å². The number of esters is 1. The standard InChI is InChI=1S/C11H19N5O3/c1-5-19-10(18)8(11(2,3)4)9(17)12-6-7-13-15-16-14-7/h8H,5-6H2,1-4H3,(H,12,17)(H,13,14,15,16). The number of aromatic amines is 1. The van der Waals surface area contributed by atoms with Crippen LogP contribution in [0.1, 0.15) is 33.5 Å². The van der Waals surface area contributed by atoms with Crippen molar-refractivity contribution in [3.05, 3.63) is 5.82 Å². The van der Waals surface area contributed by atoms with Gasteiger partial charge in [-0.1, -0.05) is 26.0 Å². The molecule has 1 aromatic heterocycles. The molecule has 1 amide bonds. The fraction of sp³-hybridized carbons (Fsp3) is 0.727. The molecule has 19 heavy (non-hydrogen) atoms. The van der Waals surface area contributed by atoms with Crippen LogP contribution in [0.5, 0.6) is 0 Å². The third kappa shape index (κ3) is 4.31. The monoisotopic (exact) mass is 269 g/mol. The normalized spacial score (nSPS) is 12.8. The number of nitrogens with zero attached hydrogens (tertiary/aromatic N) is 3. The third-order valence-electron chi connectivity index (χ3n) is 2.46. The van der Waals surface area contributed by atoms with Gasteiger partial charge in [-0.25, -0.2) is 0 Å². The lowest BCUT2D eigenvalue weighted by atomic mass is 9.80. The second-order valence-corrected chi connectivity index (χ2v) is 5.10. The molecule has 0 aliphatic rings. The highest BCUT2D eigenvalue weighted by molar-refractivity contribution is 5.98. The molecule has 1 atom stereocenters. The molecule has 0 aliphatic heterocycles. The average molecular weight is 269 g/mol. The van der Waals surface area contributed by atoms with E-state index in [1.165, 1.54) is 0 Å². The van der Waals surface area contributed by atoms with Crippen LogP contribution in [-0.2, 0) is 20.9 Å². The van der Waals surface area contributed by atoms with Gasteiger partial charge in [0.15, 0.2) is 5.82 Å². The number of amides is 1. The maximum Gasteiger partial charge on any atom is 0.319 e. The van der Waals surface area contributed by atoms with Crippen molar-refractivity contribution in [1.29, 1.82) is 0 Å². The number of H-pyrrole nitrogens is 1. The van der Waals surface area contributed by atoms with Crippen LogP contribution in [0.2, 0.25) is 0 Å². The van der Waals surface area contributed by atoms with Crippen LogP contribution < -0.4 is 5.32 Å². The minimum atomic E-state index is -0.876. The van der Waals surface area contributed by atoms with E-state index < -0.39 is 23.2 Å². The van der Waals surface area contributed by atoms with Crippen molar-refractivity contribution in [1.82, 2.24) is 25.9 Å². The van der Waals surface area contributed by atoms with Crippen LogP contribution in [0.15, 0.2) is 0 Å². The molecule has 1 aromatic rings. The summed E-state index contributed by atoms with van der Waals surface area (Å²) < 4.78 is 4.94. The minimum absolute atomic E-state index is 0.112. The highest BCUT2D eigenvalue weighted by atomic mass is 16.5. The van der Waals surface area contributed by atoms with Crippen LogP contribution in [0, 0.1) is 11.3 Å². The van der Waals surface area contributed by atoms with Gasteiger partial charge in [-0.05, 0) is 12.3 Å². The van der Waals surface area contributed by atoms with Crippen molar-refractivity contribution in [2.75, 3.05) is 6.61 Å². The number of ether oxygens (including phenoxy) is 1. The number of tetrazole rings is 1. The first-order valence-corrected chi connectivity index (χ1v) is 6.03. The Morgan fingerprint density at radius 2 is 2.11 bits per heavy atom. The summed E-state index contributed by atoms with van der Waals surface area (Å²) in [6.45, 7) is 7.48. The van der Waals surface area contributed by atoms with E-state index in [0.29, 0.717) is 5.82 Å². The summed E-state index contributed by atoms with van der Waals surface area (Å²) in [6.07, 6.45) is 0. The Balaban J connectivity index is 2.69. The van der Waals surface area contributed by atoms with Crippen LogP contribution in [0.3, 0.4) is 0 Å². The Morgan fingerprint density at radius 1 is 1.42 bits per heavy atom. The molecule has 0 aliphatic carbocycles. The zero-order valence-corrected chi connectivity index (χ0v) is 11.6. The molecule has 8 heteroatoms. The number of hydrogen-bond donors (Lipinski definition) is 2. The number of nitrogens with one attached hydrogen (secondary N) is 2. The lowest BCUT2D eigenvalue weighted by molar-refractivity contribution is -0.156. The molecule has 0 saturated heterocycles. The molecular formula is C11H19N5O3. The zero-order chi connectivity index (χ0) is 14.5. The topological polar surface area (TPSA) is 110 Å². The van der Waals surface area contributed by atoms with Gasteiger partial charge in [-0.2, -0.15) is 5.21 Å². The van der Waals surface area contributed by atoms with E-state index in [9.17, 15) is 9.59 Å². The molecule has 106 valence electrons. The van der Waals surface area contributed by atoms with Crippen LogP contribution in [-0.4, -0.2) is 39.1 Å². The largest absolute Gasteiger partial charge is 0.465 e. The van der Waals surface area contributed by atoms with E-state index in [1.807, 2.05) is 20.8 Å². The Hall–Kier alpha value is -1.99. The summed E-state index contributed by atoms with van der Waals surface area (Å²) in [5.74, 6) is -1.46. The fourth-order valence-corrected chi connectivity index (χ4v) is 1.61. The van der Waals surface area contributed by atoms with Crippen molar-refractivity contribution >= 4 is 11.9 Å². The van der Waals surface area contributed by atoms with E-state index in [1.54, 1.807) is 6.92 Å². The summed E-state index contributed by atoms with van der Waals surface area (Å²) in [5, 5.41) is 15.7. The van der Waals surface area contributed by atoms with E-state index in [4.69, 9.17) is 4.74 Å². The van der Waals surface area contributed by atoms with Gasteiger partial charge >= 0.3 is 5.97 Å². The maximum absolute atomic E-state index is 12.1. The summed E-state index contributed by atoms with van der Waals surface area (Å²) in [5.41, 5.74) is -0.534. The van der Waals surface area contributed by atoms with Crippen molar-refractivity contribution in [3.8, 4) is 0 Å². The highest BCUT2D eigenvalue weighted by Crippen LogP contribution is 2.27. The molecule has 0 aromatic carbocycles. The van der Waals surface area contributed by atoms with Gasteiger partial charge in [0.25, 0.3) is 0 Å². The summed E-state index contributed by atoms with van der Waals surface area (Å²) >= 11 is 0. The van der Waals surface area contributed by atoms with Crippen LogP contribution in [0.25, 0.3) is 0 Å². The van der Waals surface area contributed by atoms with E-state index in [2.05, 4.69) is 25.9 Å². The molecule has 2 N–H and O–H groups in total. The van der Waals surface area contributed by atoms with Crippen molar-refractivity contribution in [3.63, 3.8) is 0 Å². The molecule has 0 bridgehead atoms. The van der Waals surface area contributed by atoms with Crippen molar-refractivity contribution < 1.29 is 14.3 Å². The number of rotatable bonds is 5. The first-order chi connectivity index (χ1) is 8.86. The molecular weight excluding hydrogens is 250 g/mol. The highest BCUT2D eigenvalue weighted by Gasteiger charge is 2.38. The van der Waals surface area contributed by atoms with Crippen molar-refractivity contribution in [2.24, 2.45) is 11.3 Å². The minimum Gasteiger partial charge on any atom is -0.465 e. The summed E-state index contributed by atoms with van der Waals surface area (Å²) in [4.78, 5) is 24.0. The quantitative estimate of drug-likeness (QED) is 0.577. The van der Waals surface area contributed by atoms with E-state index in [-0.39, 0.29) is 13.2 Å². The lowest BCUT2D eigenvalue weighted by Crippen LogP contribution is -2.43. The lowest BCUT2D eigenvalue weighted by Gasteiger charge is -2.27. The molecule has 0 spiro atoms. The second kappa shape index (κ2) is 6.26. The Bertz CT molecular complexity index is 424. The Morgan fingerprint density at radius 3 is 2.58 bits per heavy atom. The number of carbonyl (C=O) groups excluding carboxylic acids is 2. The van der Waals surface area contributed by atoms with Gasteiger partial charge in [0.2, 0.25) is 5.91 Å². The predicted octanol–water partition coefficient (Wildman–Crippen LogP) is 0.0413. The molecule has 0 radical (unpaired) electrons. The SMILES string of the molecule is CCOC(=O)C(C(=O)NCc1nn[nH]n1)C(C)(C)C. The van der Waals surface area contributed by atoms with Gasteiger partial charge in [0, 0.05) is 0 Å².